The molecule has 0 bridgehead atoms. The van der Waals surface area contributed by atoms with Gasteiger partial charge >= 0.3 is 0 Å². The van der Waals surface area contributed by atoms with Gasteiger partial charge in [-0.25, -0.2) is 0 Å². The topological polar surface area (TPSA) is 17.1 Å². The molecule has 0 aromatic heterocycles. The van der Waals surface area contributed by atoms with Crippen molar-refractivity contribution in [2.24, 2.45) is 0 Å². The predicted octanol–water partition coefficient (Wildman–Crippen LogP) is 5.62. The van der Waals surface area contributed by atoms with Gasteiger partial charge in [0.2, 0.25) is 0 Å². The zero-order chi connectivity index (χ0) is 13.9. The quantitative estimate of drug-likeness (QED) is 0.429. The number of carbonyl (C=O) groups excluding carboxylic acids is 1. The molecule has 18 heavy (non-hydrogen) atoms. The van der Waals surface area contributed by atoms with Crippen molar-refractivity contribution in [2.75, 3.05) is 5.75 Å². The number of thioether (sulfide) groups is 1. The highest BCUT2D eigenvalue weighted by Gasteiger charge is 2.19. The molecule has 2 heteroatoms. The van der Waals surface area contributed by atoms with Gasteiger partial charge in [-0.3, -0.25) is 4.79 Å². The van der Waals surface area contributed by atoms with Crippen LogP contribution in [0.4, 0.5) is 0 Å². The van der Waals surface area contributed by atoms with E-state index in [0.717, 1.165) is 0 Å². The van der Waals surface area contributed by atoms with Gasteiger partial charge in [-0.2, -0.15) is 11.8 Å². The smallest absolute Gasteiger partial charge is 0.131 e. The first kappa shape index (κ1) is 18.0. The molecular weight excluding hydrogens is 240 g/mol. The third-order valence-electron chi connectivity index (χ3n) is 3.17. The van der Waals surface area contributed by atoms with E-state index in [1.807, 2.05) is 11.8 Å². The average molecular weight is 272 g/mol. The van der Waals surface area contributed by atoms with Crippen LogP contribution in [0.25, 0.3) is 0 Å². The molecule has 0 spiro atoms. The molecule has 1 nitrogen and oxygen atoms in total. The van der Waals surface area contributed by atoms with Crippen LogP contribution in [-0.2, 0) is 4.79 Å². The number of unbranched alkanes of at least 4 members (excludes halogenated alkanes) is 7. The molecule has 0 aliphatic heterocycles. The van der Waals surface area contributed by atoms with Crippen LogP contribution >= 0.6 is 11.8 Å². The number of Topliss-reactive ketones (excluding diaryl/α,β-unsaturated/α-hetero) is 1. The summed E-state index contributed by atoms with van der Waals surface area (Å²) in [6.45, 7) is 8.33. The van der Waals surface area contributed by atoms with E-state index in [1.165, 1.54) is 57.1 Å². The van der Waals surface area contributed by atoms with E-state index in [2.05, 4.69) is 20.8 Å². The molecule has 0 aliphatic carbocycles. The van der Waals surface area contributed by atoms with Crippen LogP contribution in [-0.4, -0.2) is 16.3 Å². The van der Waals surface area contributed by atoms with Crippen molar-refractivity contribution >= 4 is 17.5 Å². The predicted molar refractivity (Wildman–Crippen MR) is 84.4 cm³/mol. The molecule has 0 fully saturated rings. The number of ketones is 1. The summed E-state index contributed by atoms with van der Waals surface area (Å²) in [6, 6.07) is 0. The summed E-state index contributed by atoms with van der Waals surface area (Å²) < 4.78 is 0.132. The summed E-state index contributed by atoms with van der Waals surface area (Å²) in [5.41, 5.74) is 0. The molecule has 0 amide bonds. The number of hydrogen-bond acceptors (Lipinski definition) is 2. The highest BCUT2D eigenvalue weighted by Crippen LogP contribution is 2.29. The molecule has 0 radical (unpaired) electrons. The molecule has 0 N–H and O–H groups in total. The SMILES string of the molecule is CCCCCCCCCCSC(C)(C)CC(C)=O. The zero-order valence-electron chi connectivity index (χ0n) is 12.9. The van der Waals surface area contributed by atoms with Crippen LogP contribution < -0.4 is 0 Å². The van der Waals surface area contributed by atoms with Crippen LogP contribution in [0.1, 0.15) is 85.5 Å². The lowest BCUT2D eigenvalue weighted by Gasteiger charge is -2.22. The third-order valence-corrected chi connectivity index (χ3v) is 4.58. The molecule has 0 rings (SSSR count). The van der Waals surface area contributed by atoms with Crippen LogP contribution in [0.3, 0.4) is 0 Å². The van der Waals surface area contributed by atoms with Crippen molar-refractivity contribution in [3.8, 4) is 0 Å². The normalized spacial score (nSPS) is 11.8. The molecule has 0 saturated heterocycles. The summed E-state index contributed by atoms with van der Waals surface area (Å²) in [5, 5.41) is 0. The fourth-order valence-electron chi connectivity index (χ4n) is 2.23. The Kier molecular flexibility index (Phi) is 10.9. The number of rotatable bonds is 12. The Hall–Kier alpha value is 0.0200. The fraction of sp³-hybridized carbons (Fsp3) is 0.938. The van der Waals surface area contributed by atoms with E-state index < -0.39 is 0 Å². The van der Waals surface area contributed by atoms with Gasteiger partial charge in [-0.15, -0.1) is 0 Å². The Morgan fingerprint density at radius 2 is 1.44 bits per heavy atom. The second-order valence-electron chi connectivity index (χ2n) is 5.96. The molecule has 0 atom stereocenters. The largest absolute Gasteiger partial charge is 0.300 e. The van der Waals surface area contributed by atoms with Crippen molar-refractivity contribution in [3.05, 3.63) is 0 Å². The molecule has 0 heterocycles. The van der Waals surface area contributed by atoms with Gasteiger partial charge in [-0.05, 0) is 19.1 Å². The Labute approximate surface area is 118 Å². The molecule has 0 aromatic carbocycles. The summed E-state index contributed by atoms with van der Waals surface area (Å²) >= 11 is 1.96. The molecular formula is C16H32OS. The highest BCUT2D eigenvalue weighted by atomic mass is 32.2. The maximum absolute atomic E-state index is 11.1. The minimum Gasteiger partial charge on any atom is -0.300 e. The molecule has 0 saturated carbocycles. The van der Waals surface area contributed by atoms with Crippen molar-refractivity contribution in [3.63, 3.8) is 0 Å². The molecule has 0 aliphatic rings. The first-order valence-electron chi connectivity index (χ1n) is 7.61. The molecule has 108 valence electrons. The highest BCUT2D eigenvalue weighted by molar-refractivity contribution is 8.00. The van der Waals surface area contributed by atoms with Gasteiger partial charge < -0.3 is 0 Å². The first-order chi connectivity index (χ1) is 8.48. The van der Waals surface area contributed by atoms with Crippen molar-refractivity contribution in [2.45, 2.75) is 90.2 Å². The van der Waals surface area contributed by atoms with E-state index in [9.17, 15) is 4.79 Å². The Bertz CT molecular complexity index is 211. The van der Waals surface area contributed by atoms with Crippen LogP contribution in [0.15, 0.2) is 0 Å². The summed E-state index contributed by atoms with van der Waals surface area (Å²) in [7, 11) is 0. The van der Waals surface area contributed by atoms with Gasteiger partial charge in [0, 0.05) is 11.2 Å². The number of carbonyl (C=O) groups is 1. The molecule has 0 aromatic rings. The maximum atomic E-state index is 11.1. The minimum atomic E-state index is 0.132. The second kappa shape index (κ2) is 10.9. The third kappa shape index (κ3) is 12.5. The van der Waals surface area contributed by atoms with E-state index in [4.69, 9.17) is 0 Å². The van der Waals surface area contributed by atoms with Crippen LogP contribution in [0.2, 0.25) is 0 Å². The van der Waals surface area contributed by atoms with Crippen molar-refractivity contribution < 1.29 is 4.79 Å². The Balaban J connectivity index is 3.31. The van der Waals surface area contributed by atoms with Gasteiger partial charge in [-0.1, -0.05) is 65.7 Å². The summed E-state index contributed by atoms with van der Waals surface area (Å²) in [5.74, 6) is 1.51. The van der Waals surface area contributed by atoms with Crippen molar-refractivity contribution in [1.82, 2.24) is 0 Å². The first-order valence-corrected chi connectivity index (χ1v) is 8.60. The monoisotopic (exact) mass is 272 g/mol. The van der Waals surface area contributed by atoms with E-state index in [-0.39, 0.29) is 4.75 Å². The lowest BCUT2D eigenvalue weighted by Crippen LogP contribution is -2.19. The van der Waals surface area contributed by atoms with Gasteiger partial charge in [0.05, 0.1) is 0 Å². The Morgan fingerprint density at radius 3 is 1.94 bits per heavy atom. The average Bonchev–Trinajstić information content (AvgIpc) is 2.25. The van der Waals surface area contributed by atoms with Gasteiger partial charge in [0.25, 0.3) is 0 Å². The van der Waals surface area contributed by atoms with Crippen molar-refractivity contribution in [1.29, 1.82) is 0 Å². The maximum Gasteiger partial charge on any atom is 0.131 e. The minimum absolute atomic E-state index is 0.132. The van der Waals surface area contributed by atoms with Gasteiger partial charge in [0.1, 0.15) is 5.78 Å². The zero-order valence-corrected chi connectivity index (χ0v) is 13.7. The lowest BCUT2D eigenvalue weighted by atomic mass is 10.1. The lowest BCUT2D eigenvalue weighted by molar-refractivity contribution is -0.117. The molecule has 0 unspecified atom stereocenters. The standard InChI is InChI=1S/C16H32OS/c1-5-6-7-8-9-10-11-12-13-18-16(3,4)14-15(2)17/h5-14H2,1-4H3. The van der Waals surface area contributed by atoms with Gasteiger partial charge in [0.15, 0.2) is 0 Å². The summed E-state index contributed by atoms with van der Waals surface area (Å²) in [6.07, 6.45) is 11.7. The van der Waals surface area contributed by atoms with E-state index in [1.54, 1.807) is 6.92 Å². The second-order valence-corrected chi connectivity index (χ2v) is 7.76. The van der Waals surface area contributed by atoms with E-state index in [0.29, 0.717) is 12.2 Å². The Morgan fingerprint density at radius 1 is 0.944 bits per heavy atom. The van der Waals surface area contributed by atoms with Crippen LogP contribution in [0.5, 0.6) is 0 Å². The number of hydrogen-bond donors (Lipinski definition) is 0. The summed E-state index contributed by atoms with van der Waals surface area (Å²) in [4.78, 5) is 11.1. The van der Waals surface area contributed by atoms with Crippen LogP contribution in [0, 0.1) is 0 Å². The fourth-order valence-corrected chi connectivity index (χ4v) is 3.44. The van der Waals surface area contributed by atoms with E-state index >= 15 is 0 Å².